The van der Waals surface area contributed by atoms with Gasteiger partial charge in [-0.25, -0.2) is 4.98 Å². The summed E-state index contributed by atoms with van der Waals surface area (Å²) in [5.74, 6) is 0.965. The van der Waals surface area contributed by atoms with Crippen molar-refractivity contribution in [2.24, 2.45) is 0 Å². The van der Waals surface area contributed by atoms with Crippen LogP contribution in [0, 0.1) is 0 Å². The summed E-state index contributed by atoms with van der Waals surface area (Å²) in [4.78, 5) is 4.14. The number of hydrogen-bond donors (Lipinski definition) is 1. The molecule has 2 heteroatoms. The Labute approximate surface area is 59.6 Å². The van der Waals surface area contributed by atoms with Gasteiger partial charge in [0.15, 0.2) is 0 Å². The van der Waals surface area contributed by atoms with E-state index < -0.39 is 0 Å². The standard InChI is InChI=1S/C8H8N2/c1-6-5-7-3-2-4-9-8(7)10-6/h2-4H,1,5H2,(H,9,10). The molecule has 50 valence electrons. The smallest absolute Gasteiger partial charge is 0.133 e. The number of fused-ring (bicyclic) bond motifs is 1. The summed E-state index contributed by atoms with van der Waals surface area (Å²) in [6.07, 6.45) is 2.70. The Morgan fingerprint density at radius 3 is 3.30 bits per heavy atom. The second-order valence-electron chi connectivity index (χ2n) is 2.42. The number of allylic oxidation sites excluding steroid dienone is 1. The van der Waals surface area contributed by atoms with E-state index in [1.54, 1.807) is 6.20 Å². The van der Waals surface area contributed by atoms with Crippen molar-refractivity contribution in [1.82, 2.24) is 4.98 Å². The Hall–Kier alpha value is -1.31. The molecule has 2 nitrogen and oxygen atoms in total. The molecule has 1 aromatic heterocycles. The molecule has 0 saturated heterocycles. The number of anilines is 1. The van der Waals surface area contributed by atoms with E-state index in [0.717, 1.165) is 17.9 Å². The van der Waals surface area contributed by atoms with E-state index in [0.29, 0.717) is 0 Å². The minimum atomic E-state index is 0.920. The van der Waals surface area contributed by atoms with Gasteiger partial charge < -0.3 is 5.32 Å². The third kappa shape index (κ3) is 0.692. The SMILES string of the molecule is C=C1Cc2cccnc2N1. The zero-order valence-electron chi connectivity index (χ0n) is 5.59. The van der Waals surface area contributed by atoms with Gasteiger partial charge in [0, 0.05) is 23.9 Å². The fourth-order valence-corrected chi connectivity index (χ4v) is 1.14. The van der Waals surface area contributed by atoms with Gasteiger partial charge in [0.1, 0.15) is 5.82 Å². The fraction of sp³-hybridized carbons (Fsp3) is 0.125. The maximum Gasteiger partial charge on any atom is 0.133 e. The first kappa shape index (κ1) is 5.47. The molecule has 2 rings (SSSR count). The van der Waals surface area contributed by atoms with Crippen molar-refractivity contribution in [3.63, 3.8) is 0 Å². The molecule has 0 fully saturated rings. The number of nitrogens with one attached hydrogen (secondary N) is 1. The predicted octanol–water partition coefficient (Wildman–Crippen LogP) is 1.56. The lowest BCUT2D eigenvalue weighted by atomic mass is 10.2. The summed E-state index contributed by atoms with van der Waals surface area (Å²) in [6, 6.07) is 4.01. The predicted molar refractivity (Wildman–Crippen MR) is 40.7 cm³/mol. The van der Waals surface area contributed by atoms with Crippen LogP contribution in [0.15, 0.2) is 30.6 Å². The van der Waals surface area contributed by atoms with Crippen molar-refractivity contribution < 1.29 is 0 Å². The average Bonchev–Trinajstić information content (AvgIpc) is 2.27. The molecule has 1 aliphatic rings. The van der Waals surface area contributed by atoms with E-state index in [1.165, 1.54) is 5.56 Å². The molecule has 0 amide bonds. The van der Waals surface area contributed by atoms with Crippen LogP contribution in [-0.2, 0) is 6.42 Å². The zero-order valence-corrected chi connectivity index (χ0v) is 5.59. The van der Waals surface area contributed by atoms with E-state index in [-0.39, 0.29) is 0 Å². The summed E-state index contributed by atoms with van der Waals surface area (Å²) < 4.78 is 0. The first-order valence-corrected chi connectivity index (χ1v) is 3.25. The summed E-state index contributed by atoms with van der Waals surface area (Å²) in [5.41, 5.74) is 2.28. The number of rotatable bonds is 0. The number of nitrogens with zero attached hydrogens (tertiary/aromatic N) is 1. The number of hydrogen-bond acceptors (Lipinski definition) is 2. The molecule has 0 spiro atoms. The molecule has 1 N–H and O–H groups in total. The Morgan fingerprint density at radius 2 is 2.50 bits per heavy atom. The van der Waals surface area contributed by atoms with E-state index in [9.17, 15) is 0 Å². The average molecular weight is 132 g/mol. The molecule has 0 unspecified atom stereocenters. The minimum Gasteiger partial charge on any atom is -0.344 e. The van der Waals surface area contributed by atoms with Gasteiger partial charge in [-0.2, -0.15) is 0 Å². The molecule has 1 aliphatic heterocycles. The van der Waals surface area contributed by atoms with Crippen LogP contribution in [-0.4, -0.2) is 4.98 Å². The van der Waals surface area contributed by atoms with Crippen molar-refractivity contribution in [3.05, 3.63) is 36.2 Å². The maximum atomic E-state index is 4.14. The van der Waals surface area contributed by atoms with Gasteiger partial charge in [-0.15, -0.1) is 0 Å². The monoisotopic (exact) mass is 132 g/mol. The maximum absolute atomic E-state index is 4.14. The van der Waals surface area contributed by atoms with Crippen LogP contribution >= 0.6 is 0 Å². The highest BCUT2D eigenvalue weighted by molar-refractivity contribution is 5.55. The Morgan fingerprint density at radius 1 is 1.60 bits per heavy atom. The second kappa shape index (κ2) is 1.84. The van der Waals surface area contributed by atoms with Gasteiger partial charge in [-0.3, -0.25) is 0 Å². The van der Waals surface area contributed by atoms with Crippen LogP contribution in [0.3, 0.4) is 0 Å². The lowest BCUT2D eigenvalue weighted by Gasteiger charge is -1.93. The van der Waals surface area contributed by atoms with Crippen LogP contribution in [0.5, 0.6) is 0 Å². The van der Waals surface area contributed by atoms with Gasteiger partial charge in [0.2, 0.25) is 0 Å². The largest absolute Gasteiger partial charge is 0.344 e. The number of aromatic nitrogens is 1. The van der Waals surface area contributed by atoms with Crippen LogP contribution < -0.4 is 5.32 Å². The molecule has 10 heavy (non-hydrogen) atoms. The first-order valence-electron chi connectivity index (χ1n) is 3.25. The Kier molecular flexibility index (Phi) is 1.01. The fourth-order valence-electron chi connectivity index (χ4n) is 1.14. The third-order valence-electron chi connectivity index (χ3n) is 1.59. The normalized spacial score (nSPS) is 14.6. The molecule has 0 atom stereocenters. The molecule has 0 radical (unpaired) electrons. The topological polar surface area (TPSA) is 24.9 Å². The molecule has 0 bridgehead atoms. The zero-order chi connectivity index (χ0) is 6.97. The number of pyridine rings is 1. The van der Waals surface area contributed by atoms with Crippen molar-refractivity contribution in [2.45, 2.75) is 6.42 Å². The van der Waals surface area contributed by atoms with Gasteiger partial charge in [-0.05, 0) is 6.07 Å². The van der Waals surface area contributed by atoms with Crippen LogP contribution in [0.25, 0.3) is 0 Å². The summed E-state index contributed by atoms with van der Waals surface area (Å²) in [7, 11) is 0. The van der Waals surface area contributed by atoms with Gasteiger partial charge in [0.25, 0.3) is 0 Å². The van der Waals surface area contributed by atoms with E-state index in [2.05, 4.69) is 22.9 Å². The Balaban J connectivity index is 2.51. The lowest BCUT2D eigenvalue weighted by Crippen LogP contribution is -1.89. The molecule has 2 heterocycles. The molecule has 0 aliphatic carbocycles. The molecule has 1 aromatic rings. The van der Waals surface area contributed by atoms with Crippen LogP contribution in [0.1, 0.15) is 5.56 Å². The quantitative estimate of drug-likeness (QED) is 0.579. The van der Waals surface area contributed by atoms with Gasteiger partial charge in [-0.1, -0.05) is 12.6 Å². The van der Waals surface area contributed by atoms with Crippen LogP contribution in [0.2, 0.25) is 0 Å². The highest BCUT2D eigenvalue weighted by atomic mass is 15.0. The lowest BCUT2D eigenvalue weighted by molar-refractivity contribution is 1.25. The van der Waals surface area contributed by atoms with Gasteiger partial charge >= 0.3 is 0 Å². The third-order valence-corrected chi connectivity index (χ3v) is 1.59. The molecule has 0 saturated carbocycles. The summed E-state index contributed by atoms with van der Waals surface area (Å²) >= 11 is 0. The molecular formula is C8H8N2. The van der Waals surface area contributed by atoms with E-state index in [4.69, 9.17) is 0 Å². The highest BCUT2D eigenvalue weighted by Gasteiger charge is 2.11. The summed E-state index contributed by atoms with van der Waals surface area (Å²) in [6.45, 7) is 3.82. The van der Waals surface area contributed by atoms with E-state index in [1.807, 2.05) is 6.07 Å². The second-order valence-corrected chi connectivity index (χ2v) is 2.42. The van der Waals surface area contributed by atoms with Crippen molar-refractivity contribution >= 4 is 5.82 Å². The van der Waals surface area contributed by atoms with Crippen molar-refractivity contribution in [1.29, 1.82) is 0 Å². The van der Waals surface area contributed by atoms with Crippen molar-refractivity contribution in [3.8, 4) is 0 Å². The van der Waals surface area contributed by atoms with Gasteiger partial charge in [0.05, 0.1) is 0 Å². The van der Waals surface area contributed by atoms with Crippen molar-refractivity contribution in [2.75, 3.05) is 5.32 Å². The minimum absolute atomic E-state index is 0.920. The Bertz CT molecular complexity index is 251. The summed E-state index contributed by atoms with van der Waals surface area (Å²) in [5, 5.41) is 3.09. The highest BCUT2D eigenvalue weighted by Crippen LogP contribution is 2.23. The van der Waals surface area contributed by atoms with Crippen LogP contribution in [0.4, 0.5) is 5.82 Å². The van der Waals surface area contributed by atoms with E-state index >= 15 is 0 Å². The first-order chi connectivity index (χ1) is 4.86. The molecule has 0 aromatic carbocycles. The molecular weight excluding hydrogens is 124 g/mol.